The van der Waals surface area contributed by atoms with Crippen molar-refractivity contribution in [3.05, 3.63) is 10.0 Å². The van der Waals surface area contributed by atoms with Crippen LogP contribution in [0.5, 0.6) is 0 Å². The Labute approximate surface area is 115 Å². The average Bonchev–Trinajstić information content (AvgIpc) is 2.74. The van der Waals surface area contributed by atoms with Crippen molar-refractivity contribution in [1.82, 2.24) is 10.2 Å². The first-order valence-corrected chi connectivity index (χ1v) is 8.04. The SMILES string of the molecule is CCOC1CC(Cc2nnc(C(Br)CC)s2)C1. The highest BCUT2D eigenvalue weighted by Gasteiger charge is 2.30. The molecule has 3 nitrogen and oxygen atoms in total. The molecule has 1 unspecified atom stereocenters. The zero-order valence-corrected chi connectivity index (χ0v) is 12.8. The van der Waals surface area contributed by atoms with E-state index in [9.17, 15) is 0 Å². The lowest BCUT2D eigenvalue weighted by Gasteiger charge is -2.34. The van der Waals surface area contributed by atoms with Gasteiger partial charge in [-0.05, 0) is 32.1 Å². The molecule has 96 valence electrons. The normalized spacial score (nSPS) is 25.6. The molecule has 0 amide bonds. The lowest BCUT2D eigenvalue weighted by molar-refractivity contribution is -0.0240. The molecule has 0 aliphatic heterocycles. The number of alkyl halides is 1. The van der Waals surface area contributed by atoms with Crippen LogP contribution in [0, 0.1) is 5.92 Å². The third kappa shape index (κ3) is 3.48. The number of nitrogens with zero attached hydrogens (tertiary/aromatic N) is 2. The highest BCUT2D eigenvalue weighted by atomic mass is 79.9. The van der Waals surface area contributed by atoms with E-state index < -0.39 is 0 Å². The van der Waals surface area contributed by atoms with Crippen LogP contribution in [0.2, 0.25) is 0 Å². The molecule has 0 aromatic carbocycles. The molecule has 0 saturated heterocycles. The molecule has 0 N–H and O–H groups in total. The number of aromatic nitrogens is 2. The van der Waals surface area contributed by atoms with Crippen molar-refractivity contribution in [1.29, 1.82) is 0 Å². The Morgan fingerprint density at radius 2 is 2.18 bits per heavy atom. The Balaban J connectivity index is 1.79. The third-order valence-corrected chi connectivity index (χ3v) is 5.61. The van der Waals surface area contributed by atoms with E-state index in [4.69, 9.17) is 4.74 Å². The minimum atomic E-state index is 0.367. The van der Waals surface area contributed by atoms with E-state index in [1.54, 1.807) is 11.3 Å². The number of halogens is 1. The molecule has 1 fully saturated rings. The summed E-state index contributed by atoms with van der Waals surface area (Å²) in [7, 11) is 0. The summed E-state index contributed by atoms with van der Waals surface area (Å²) in [5.41, 5.74) is 0. The van der Waals surface area contributed by atoms with E-state index in [0.29, 0.717) is 10.9 Å². The Kier molecular flexibility index (Phi) is 4.94. The van der Waals surface area contributed by atoms with Gasteiger partial charge in [-0.2, -0.15) is 0 Å². The van der Waals surface area contributed by atoms with Crippen molar-refractivity contribution in [3.8, 4) is 0 Å². The van der Waals surface area contributed by atoms with Gasteiger partial charge in [-0.3, -0.25) is 0 Å². The largest absolute Gasteiger partial charge is 0.378 e. The van der Waals surface area contributed by atoms with Crippen LogP contribution >= 0.6 is 27.3 Å². The van der Waals surface area contributed by atoms with E-state index in [1.807, 2.05) is 0 Å². The molecule has 1 aliphatic carbocycles. The minimum Gasteiger partial charge on any atom is -0.378 e. The molecule has 1 heterocycles. The summed E-state index contributed by atoms with van der Waals surface area (Å²) in [5, 5.41) is 10.8. The highest BCUT2D eigenvalue weighted by Crippen LogP contribution is 2.35. The summed E-state index contributed by atoms with van der Waals surface area (Å²) < 4.78 is 5.57. The standard InChI is InChI=1S/C12H19BrN2OS/c1-3-10(13)12-15-14-11(17-12)7-8-5-9(6-8)16-4-2/h8-10H,3-7H2,1-2H3. The molecule has 0 bridgehead atoms. The molecule has 5 heteroatoms. The minimum absolute atomic E-state index is 0.367. The summed E-state index contributed by atoms with van der Waals surface area (Å²) in [6.07, 6.45) is 5.01. The third-order valence-electron chi connectivity index (χ3n) is 3.17. The summed E-state index contributed by atoms with van der Waals surface area (Å²) in [6, 6.07) is 0. The average molecular weight is 319 g/mol. The van der Waals surface area contributed by atoms with Gasteiger partial charge >= 0.3 is 0 Å². The maximum Gasteiger partial charge on any atom is 0.131 e. The van der Waals surface area contributed by atoms with E-state index in [-0.39, 0.29) is 0 Å². The second kappa shape index (κ2) is 6.25. The van der Waals surface area contributed by atoms with Crippen molar-refractivity contribution in [3.63, 3.8) is 0 Å². The maximum absolute atomic E-state index is 5.57. The number of ether oxygens (including phenoxy) is 1. The topological polar surface area (TPSA) is 35.0 Å². The number of rotatable bonds is 6. The van der Waals surface area contributed by atoms with Gasteiger partial charge in [0.05, 0.1) is 10.9 Å². The van der Waals surface area contributed by atoms with Gasteiger partial charge in [0.1, 0.15) is 10.0 Å². The summed E-state index contributed by atoms with van der Waals surface area (Å²) in [5.74, 6) is 0.753. The van der Waals surface area contributed by atoms with E-state index in [1.165, 1.54) is 17.8 Å². The molecular formula is C12H19BrN2OS. The van der Waals surface area contributed by atoms with Crippen LogP contribution in [-0.4, -0.2) is 22.9 Å². The zero-order chi connectivity index (χ0) is 12.3. The van der Waals surface area contributed by atoms with Crippen molar-refractivity contribution in [2.24, 2.45) is 5.92 Å². The van der Waals surface area contributed by atoms with E-state index in [0.717, 1.165) is 30.4 Å². The fourth-order valence-corrected chi connectivity index (χ4v) is 3.50. The molecule has 2 rings (SSSR count). The monoisotopic (exact) mass is 318 g/mol. The lowest BCUT2D eigenvalue weighted by Crippen LogP contribution is -2.32. The van der Waals surface area contributed by atoms with Gasteiger partial charge in [0.15, 0.2) is 0 Å². The second-order valence-electron chi connectivity index (χ2n) is 4.53. The number of hydrogen-bond donors (Lipinski definition) is 0. The van der Waals surface area contributed by atoms with Crippen LogP contribution in [0.25, 0.3) is 0 Å². The van der Waals surface area contributed by atoms with Crippen LogP contribution in [0.15, 0.2) is 0 Å². The summed E-state index contributed by atoms with van der Waals surface area (Å²) in [4.78, 5) is 0.367. The van der Waals surface area contributed by atoms with Crippen molar-refractivity contribution in [2.75, 3.05) is 6.61 Å². The van der Waals surface area contributed by atoms with Crippen LogP contribution in [0.3, 0.4) is 0 Å². The molecule has 1 atom stereocenters. The molecular weight excluding hydrogens is 300 g/mol. The fraction of sp³-hybridized carbons (Fsp3) is 0.833. The van der Waals surface area contributed by atoms with E-state index in [2.05, 4.69) is 40.0 Å². The van der Waals surface area contributed by atoms with Gasteiger partial charge in [0.2, 0.25) is 0 Å². The van der Waals surface area contributed by atoms with Crippen molar-refractivity contribution in [2.45, 2.75) is 50.5 Å². The lowest BCUT2D eigenvalue weighted by atomic mass is 9.80. The van der Waals surface area contributed by atoms with Gasteiger partial charge in [-0.15, -0.1) is 21.5 Å². The van der Waals surface area contributed by atoms with Crippen molar-refractivity contribution >= 4 is 27.3 Å². The van der Waals surface area contributed by atoms with Crippen LogP contribution in [-0.2, 0) is 11.2 Å². The van der Waals surface area contributed by atoms with Crippen LogP contribution in [0.4, 0.5) is 0 Å². The number of hydrogen-bond acceptors (Lipinski definition) is 4. The Bertz CT molecular complexity index is 352. The van der Waals surface area contributed by atoms with E-state index >= 15 is 0 Å². The molecule has 17 heavy (non-hydrogen) atoms. The highest BCUT2D eigenvalue weighted by molar-refractivity contribution is 9.09. The van der Waals surface area contributed by atoms with Gasteiger partial charge in [0.25, 0.3) is 0 Å². The van der Waals surface area contributed by atoms with Crippen LogP contribution < -0.4 is 0 Å². The maximum atomic E-state index is 5.57. The molecule has 1 aromatic rings. The predicted octanol–water partition coefficient (Wildman–Crippen LogP) is 3.74. The molecule has 1 aliphatic rings. The summed E-state index contributed by atoms with van der Waals surface area (Å²) in [6.45, 7) is 5.05. The van der Waals surface area contributed by atoms with Crippen molar-refractivity contribution < 1.29 is 4.74 Å². The first-order chi connectivity index (χ1) is 8.22. The molecule has 0 radical (unpaired) electrons. The predicted molar refractivity (Wildman–Crippen MR) is 73.7 cm³/mol. The fourth-order valence-electron chi connectivity index (χ4n) is 2.11. The Morgan fingerprint density at radius 3 is 2.82 bits per heavy atom. The van der Waals surface area contributed by atoms with Crippen LogP contribution in [0.1, 0.15) is 48.0 Å². The van der Waals surface area contributed by atoms with Gasteiger partial charge in [-0.25, -0.2) is 0 Å². The Hall–Kier alpha value is -0.0000000000000000833. The van der Waals surface area contributed by atoms with Gasteiger partial charge < -0.3 is 4.74 Å². The first kappa shape index (κ1) is 13.4. The molecule has 1 aromatic heterocycles. The molecule has 1 saturated carbocycles. The first-order valence-electron chi connectivity index (χ1n) is 6.30. The van der Waals surface area contributed by atoms with Gasteiger partial charge in [-0.1, -0.05) is 22.9 Å². The quantitative estimate of drug-likeness (QED) is 0.749. The van der Waals surface area contributed by atoms with Gasteiger partial charge in [0, 0.05) is 13.0 Å². The Morgan fingerprint density at radius 1 is 1.41 bits per heavy atom. The summed E-state index contributed by atoms with van der Waals surface area (Å²) >= 11 is 5.36. The second-order valence-corrected chi connectivity index (χ2v) is 6.73. The molecule has 0 spiro atoms. The zero-order valence-electron chi connectivity index (χ0n) is 10.4. The smallest absolute Gasteiger partial charge is 0.131 e.